The van der Waals surface area contributed by atoms with E-state index in [-0.39, 0.29) is 4.99 Å². The number of hydroxylamine groups is 1. The maximum absolute atomic E-state index is 11.6. The molecule has 0 saturated carbocycles. The van der Waals surface area contributed by atoms with Crippen LogP contribution >= 0.6 is 12.2 Å². The third-order valence-electron chi connectivity index (χ3n) is 1.46. The Morgan fingerprint density at radius 2 is 1.88 bits per heavy atom. The molecule has 0 saturated heterocycles. The first-order valence-electron chi connectivity index (χ1n) is 4.14. The van der Waals surface area contributed by atoms with E-state index < -0.39 is 27.3 Å². The zero-order chi connectivity index (χ0) is 13.8. The molecule has 1 atom stereocenters. The molecule has 8 nitrogen and oxygen atoms in total. The molecule has 0 aliphatic heterocycles. The van der Waals surface area contributed by atoms with Crippen LogP contribution in [0, 0.1) is 0 Å². The lowest BCUT2D eigenvalue weighted by atomic mass is 10.8. The molecule has 0 spiro atoms. The zero-order valence-corrected chi connectivity index (χ0v) is 12.1. The molecule has 0 bridgehead atoms. The highest BCUT2D eigenvalue weighted by molar-refractivity contribution is 8.00. The molecule has 0 aromatic carbocycles. The molecule has 1 unspecified atom stereocenters. The van der Waals surface area contributed by atoms with E-state index in [0.717, 1.165) is 20.4 Å². The number of hydrogen-bond donors (Lipinski definition) is 1. The maximum atomic E-state index is 11.6. The van der Waals surface area contributed by atoms with Gasteiger partial charge in [-0.2, -0.15) is 0 Å². The first kappa shape index (κ1) is 16.2. The molecular formula is C6H13N3O5S3. The van der Waals surface area contributed by atoms with E-state index in [1.807, 2.05) is 0 Å². The van der Waals surface area contributed by atoms with E-state index in [0.29, 0.717) is 8.02 Å². The average molecular weight is 303 g/mol. The van der Waals surface area contributed by atoms with Gasteiger partial charge in [-0.25, -0.2) is 27.2 Å². The number of nitrogens with one attached hydrogen (secondary N) is 1. The van der Waals surface area contributed by atoms with Crippen LogP contribution < -0.4 is 5.48 Å². The molecule has 1 N–H and O–H groups in total. The fraction of sp³-hybridized carbons (Fsp3) is 0.667. The molecule has 0 aromatic rings. The van der Waals surface area contributed by atoms with Crippen LogP contribution in [0.3, 0.4) is 0 Å². The Bertz CT molecular complexity index is 434. The summed E-state index contributed by atoms with van der Waals surface area (Å²) >= 11 is 2.39. The Kier molecular flexibility index (Phi) is 5.95. The quantitative estimate of drug-likeness (QED) is 0.548. The number of nitrogens with zero attached hydrogens (tertiary/aromatic N) is 2. The van der Waals surface area contributed by atoms with Gasteiger partial charge in [-0.05, 0) is 6.92 Å². The summed E-state index contributed by atoms with van der Waals surface area (Å²) in [5, 5.41) is 0. The molecule has 0 rings (SSSR count). The van der Waals surface area contributed by atoms with Gasteiger partial charge in [0.25, 0.3) is 0 Å². The van der Waals surface area contributed by atoms with Crippen molar-refractivity contribution in [3.63, 3.8) is 0 Å². The molecular weight excluding hydrogens is 290 g/mol. The van der Waals surface area contributed by atoms with Crippen molar-refractivity contribution in [3.8, 4) is 0 Å². The standard InChI is InChI=1S/C6H13N3O5S3/c1-5(15)7-14-6(10)8(2)16(11)9(3)17(4,12)13/h1-4H3,(H,7,15). The van der Waals surface area contributed by atoms with Crippen LogP contribution in [0.4, 0.5) is 4.79 Å². The normalized spacial score (nSPS) is 13.0. The molecule has 100 valence electrons. The molecule has 0 radical (unpaired) electrons. The highest BCUT2D eigenvalue weighted by Crippen LogP contribution is 2.04. The van der Waals surface area contributed by atoms with E-state index in [4.69, 9.17) is 0 Å². The second-order valence-electron chi connectivity index (χ2n) is 2.93. The Balaban J connectivity index is 4.61. The fourth-order valence-corrected chi connectivity index (χ4v) is 2.31. The van der Waals surface area contributed by atoms with Gasteiger partial charge in [0, 0.05) is 14.1 Å². The van der Waals surface area contributed by atoms with Gasteiger partial charge in [0.05, 0.1) is 6.26 Å². The minimum absolute atomic E-state index is 0.203. The Morgan fingerprint density at radius 3 is 2.24 bits per heavy atom. The maximum Gasteiger partial charge on any atom is 0.446 e. The van der Waals surface area contributed by atoms with E-state index in [1.54, 1.807) is 0 Å². The number of rotatable bonds is 3. The van der Waals surface area contributed by atoms with Crippen LogP contribution in [0.15, 0.2) is 0 Å². The molecule has 0 aliphatic carbocycles. The smallest absolute Gasteiger partial charge is 0.323 e. The Labute approximate surface area is 108 Å². The average Bonchev–Trinajstić information content (AvgIpc) is 2.21. The van der Waals surface area contributed by atoms with Crippen LogP contribution in [-0.2, 0) is 26.0 Å². The van der Waals surface area contributed by atoms with E-state index in [1.165, 1.54) is 6.92 Å². The van der Waals surface area contributed by atoms with Gasteiger partial charge in [0.2, 0.25) is 21.2 Å². The van der Waals surface area contributed by atoms with Crippen molar-refractivity contribution in [1.29, 1.82) is 0 Å². The SMILES string of the molecule is CC(=S)NOC(=O)N(C)S(=O)N(C)S(C)(=O)=O. The first-order valence-corrected chi connectivity index (χ1v) is 7.46. The van der Waals surface area contributed by atoms with Gasteiger partial charge in [0.15, 0.2) is 0 Å². The molecule has 0 heterocycles. The van der Waals surface area contributed by atoms with Gasteiger partial charge in [-0.15, -0.1) is 3.71 Å². The monoisotopic (exact) mass is 303 g/mol. The molecule has 0 aromatic heterocycles. The summed E-state index contributed by atoms with van der Waals surface area (Å²) in [6.45, 7) is 1.47. The number of thiocarbonyl (C=S) groups is 1. The van der Waals surface area contributed by atoms with Crippen LogP contribution in [0.5, 0.6) is 0 Å². The second-order valence-corrected chi connectivity index (χ2v) is 7.34. The van der Waals surface area contributed by atoms with Crippen LogP contribution in [-0.4, -0.2) is 52.1 Å². The Morgan fingerprint density at radius 1 is 1.41 bits per heavy atom. The molecule has 0 fully saturated rings. The van der Waals surface area contributed by atoms with Crippen molar-refractivity contribution >= 4 is 44.5 Å². The summed E-state index contributed by atoms with van der Waals surface area (Å²) in [4.78, 5) is 15.9. The van der Waals surface area contributed by atoms with Gasteiger partial charge in [-0.1, -0.05) is 12.2 Å². The highest BCUT2D eigenvalue weighted by atomic mass is 32.3. The fourth-order valence-electron chi connectivity index (χ4n) is 0.532. The lowest BCUT2D eigenvalue weighted by Crippen LogP contribution is -2.42. The van der Waals surface area contributed by atoms with Crippen LogP contribution in [0.2, 0.25) is 0 Å². The van der Waals surface area contributed by atoms with Crippen LogP contribution in [0.25, 0.3) is 0 Å². The summed E-state index contributed by atoms with van der Waals surface area (Å²) in [7, 11) is -1.47. The van der Waals surface area contributed by atoms with Gasteiger partial charge >= 0.3 is 6.09 Å². The van der Waals surface area contributed by atoms with Gasteiger partial charge in [0.1, 0.15) is 4.99 Å². The third kappa shape index (κ3) is 5.39. The summed E-state index contributed by atoms with van der Waals surface area (Å²) in [5.74, 6) is 0. The van der Waals surface area contributed by atoms with Crippen molar-refractivity contribution in [1.82, 2.24) is 13.5 Å². The van der Waals surface area contributed by atoms with Crippen molar-refractivity contribution in [2.45, 2.75) is 6.92 Å². The second kappa shape index (κ2) is 6.23. The highest BCUT2D eigenvalue weighted by Gasteiger charge is 2.26. The molecule has 1 amide bonds. The zero-order valence-electron chi connectivity index (χ0n) is 9.66. The third-order valence-corrected chi connectivity index (χ3v) is 4.73. The number of carbonyl (C=O) groups is 1. The summed E-state index contributed by atoms with van der Waals surface area (Å²) in [6.07, 6.45) is -0.160. The van der Waals surface area contributed by atoms with Crippen molar-refractivity contribution in [3.05, 3.63) is 0 Å². The lowest BCUT2D eigenvalue weighted by molar-refractivity contribution is 0.106. The van der Waals surface area contributed by atoms with E-state index >= 15 is 0 Å². The predicted octanol–water partition coefficient (Wildman–Crippen LogP) is -0.623. The van der Waals surface area contributed by atoms with Crippen molar-refractivity contribution < 1.29 is 22.3 Å². The summed E-state index contributed by atoms with van der Waals surface area (Å²) in [6, 6.07) is 0. The number of carbonyl (C=O) groups excluding carboxylic acids is 1. The van der Waals surface area contributed by atoms with Crippen LogP contribution in [0.1, 0.15) is 6.92 Å². The largest absolute Gasteiger partial charge is 0.446 e. The van der Waals surface area contributed by atoms with Crippen molar-refractivity contribution in [2.75, 3.05) is 20.4 Å². The number of amides is 1. The van der Waals surface area contributed by atoms with Gasteiger partial charge < -0.3 is 4.84 Å². The number of sulfonamides is 1. The van der Waals surface area contributed by atoms with E-state index in [2.05, 4.69) is 22.5 Å². The molecule has 0 aliphatic rings. The Hall–Kier alpha value is -0.780. The number of hydrogen-bond acceptors (Lipinski definition) is 6. The minimum atomic E-state index is -3.67. The summed E-state index contributed by atoms with van der Waals surface area (Å²) < 4.78 is 34.9. The van der Waals surface area contributed by atoms with Crippen molar-refractivity contribution in [2.24, 2.45) is 0 Å². The first-order chi connectivity index (χ1) is 7.57. The molecule has 17 heavy (non-hydrogen) atoms. The van der Waals surface area contributed by atoms with Gasteiger partial charge in [-0.3, -0.25) is 0 Å². The van der Waals surface area contributed by atoms with E-state index in [9.17, 15) is 17.4 Å². The molecule has 11 heteroatoms. The summed E-state index contributed by atoms with van der Waals surface area (Å²) in [5.41, 5.74) is 2.10. The topological polar surface area (TPSA) is 96.0 Å². The minimum Gasteiger partial charge on any atom is -0.323 e. The predicted molar refractivity (Wildman–Crippen MR) is 66.4 cm³/mol. The lowest BCUT2D eigenvalue weighted by Gasteiger charge is -2.20.